The van der Waals surface area contributed by atoms with Crippen molar-refractivity contribution in [1.29, 1.82) is 0 Å². The van der Waals surface area contributed by atoms with Gasteiger partial charge in [0.1, 0.15) is 0 Å². The fourth-order valence-corrected chi connectivity index (χ4v) is 2.28. The molecule has 0 saturated carbocycles. The van der Waals surface area contributed by atoms with Gasteiger partial charge in [0.25, 0.3) is 5.91 Å². The number of carbonyl (C=O) groups is 1. The molecule has 0 bridgehead atoms. The Labute approximate surface area is 128 Å². The van der Waals surface area contributed by atoms with Crippen LogP contribution in [0.1, 0.15) is 12.5 Å². The van der Waals surface area contributed by atoms with Crippen LogP contribution >= 0.6 is 11.6 Å². The molecule has 21 heavy (non-hydrogen) atoms. The minimum Gasteiger partial charge on any atom is -0.267 e. The number of para-hydroxylation sites is 1. The summed E-state index contributed by atoms with van der Waals surface area (Å²) in [6.07, 6.45) is 1.83. The minimum absolute atomic E-state index is 0.117. The summed E-state index contributed by atoms with van der Waals surface area (Å²) >= 11 is 5.87. The molecule has 0 saturated heterocycles. The summed E-state index contributed by atoms with van der Waals surface area (Å²) in [7, 11) is 0. The van der Waals surface area contributed by atoms with Gasteiger partial charge in [0, 0.05) is 5.02 Å². The highest BCUT2D eigenvalue weighted by atomic mass is 35.5. The number of benzene rings is 2. The van der Waals surface area contributed by atoms with Crippen molar-refractivity contribution in [3.05, 3.63) is 70.8 Å². The van der Waals surface area contributed by atoms with Crippen LogP contribution in [0.15, 0.2) is 65.3 Å². The van der Waals surface area contributed by atoms with Crippen LogP contribution in [0.3, 0.4) is 0 Å². The summed E-state index contributed by atoms with van der Waals surface area (Å²) in [5.74, 6) is -0.117. The molecule has 0 atom stereocenters. The van der Waals surface area contributed by atoms with E-state index < -0.39 is 0 Å². The number of hydrogen-bond acceptors (Lipinski definition) is 2. The van der Waals surface area contributed by atoms with Crippen molar-refractivity contribution in [2.45, 2.75) is 6.92 Å². The first-order valence-electron chi connectivity index (χ1n) is 6.57. The van der Waals surface area contributed by atoms with Crippen LogP contribution in [-0.2, 0) is 4.79 Å². The van der Waals surface area contributed by atoms with Crippen LogP contribution in [0.5, 0.6) is 0 Å². The predicted molar refractivity (Wildman–Crippen MR) is 86.5 cm³/mol. The van der Waals surface area contributed by atoms with E-state index in [1.54, 1.807) is 12.1 Å². The van der Waals surface area contributed by atoms with Gasteiger partial charge in [-0.3, -0.25) is 4.79 Å². The number of halogens is 1. The standard InChI is InChI=1S/C17H13ClN2O/c1-12-16(11-13-7-9-14(18)10-8-13)17(21)20(19-12)15-5-3-2-4-6-15/h2-11H,1H3/b16-11+. The van der Waals surface area contributed by atoms with Gasteiger partial charge in [-0.2, -0.15) is 10.1 Å². The lowest BCUT2D eigenvalue weighted by Crippen LogP contribution is -2.21. The summed E-state index contributed by atoms with van der Waals surface area (Å²) in [6.45, 7) is 1.84. The molecule has 0 radical (unpaired) electrons. The zero-order valence-corrected chi connectivity index (χ0v) is 12.2. The zero-order chi connectivity index (χ0) is 14.8. The van der Waals surface area contributed by atoms with E-state index in [-0.39, 0.29) is 5.91 Å². The molecular weight excluding hydrogens is 284 g/mol. The largest absolute Gasteiger partial charge is 0.280 e. The fourth-order valence-electron chi connectivity index (χ4n) is 2.15. The summed E-state index contributed by atoms with van der Waals surface area (Å²) < 4.78 is 0. The van der Waals surface area contributed by atoms with Crippen molar-refractivity contribution in [3.8, 4) is 0 Å². The fraction of sp³-hybridized carbons (Fsp3) is 0.0588. The first-order chi connectivity index (χ1) is 10.1. The number of hydrogen-bond donors (Lipinski definition) is 0. The Morgan fingerprint density at radius 1 is 1.05 bits per heavy atom. The van der Waals surface area contributed by atoms with Gasteiger partial charge in [0.15, 0.2) is 0 Å². The highest BCUT2D eigenvalue weighted by Crippen LogP contribution is 2.24. The topological polar surface area (TPSA) is 32.7 Å². The van der Waals surface area contributed by atoms with E-state index in [2.05, 4.69) is 5.10 Å². The molecule has 4 heteroatoms. The van der Waals surface area contributed by atoms with Gasteiger partial charge in [-0.05, 0) is 42.8 Å². The van der Waals surface area contributed by atoms with E-state index >= 15 is 0 Å². The molecule has 1 aliphatic heterocycles. The molecule has 3 nitrogen and oxygen atoms in total. The number of rotatable bonds is 2. The lowest BCUT2D eigenvalue weighted by molar-refractivity contribution is -0.114. The molecule has 104 valence electrons. The SMILES string of the molecule is CC1=NN(c2ccccc2)C(=O)/C1=C/c1ccc(Cl)cc1. The third kappa shape index (κ3) is 2.73. The van der Waals surface area contributed by atoms with Crippen molar-refractivity contribution in [2.75, 3.05) is 5.01 Å². The zero-order valence-electron chi connectivity index (χ0n) is 11.5. The van der Waals surface area contributed by atoms with Crippen LogP contribution < -0.4 is 5.01 Å². The van der Waals surface area contributed by atoms with Gasteiger partial charge >= 0.3 is 0 Å². The summed E-state index contributed by atoms with van der Waals surface area (Å²) in [4.78, 5) is 12.5. The third-order valence-corrected chi connectivity index (χ3v) is 3.50. The van der Waals surface area contributed by atoms with Crippen molar-refractivity contribution in [3.63, 3.8) is 0 Å². The van der Waals surface area contributed by atoms with Crippen molar-refractivity contribution >= 4 is 35.0 Å². The number of carbonyl (C=O) groups excluding carboxylic acids is 1. The Hall–Kier alpha value is -2.39. The van der Waals surface area contributed by atoms with Crippen LogP contribution in [-0.4, -0.2) is 11.6 Å². The van der Waals surface area contributed by atoms with E-state index in [9.17, 15) is 4.79 Å². The van der Waals surface area contributed by atoms with Crippen molar-refractivity contribution < 1.29 is 4.79 Å². The van der Waals surface area contributed by atoms with Crippen LogP contribution in [0.4, 0.5) is 5.69 Å². The van der Waals surface area contributed by atoms with Crippen LogP contribution in [0.25, 0.3) is 6.08 Å². The molecule has 0 spiro atoms. The second kappa shape index (κ2) is 5.54. The van der Waals surface area contributed by atoms with Gasteiger partial charge < -0.3 is 0 Å². The van der Waals surface area contributed by atoms with Gasteiger partial charge in [-0.25, -0.2) is 0 Å². The maximum absolute atomic E-state index is 12.5. The molecule has 0 N–H and O–H groups in total. The average molecular weight is 297 g/mol. The monoisotopic (exact) mass is 296 g/mol. The Balaban J connectivity index is 1.94. The minimum atomic E-state index is -0.117. The van der Waals surface area contributed by atoms with Gasteiger partial charge in [0.05, 0.1) is 17.0 Å². The summed E-state index contributed by atoms with van der Waals surface area (Å²) in [5, 5.41) is 6.44. The molecule has 0 fully saturated rings. The molecule has 1 amide bonds. The summed E-state index contributed by atoms with van der Waals surface area (Å²) in [5.41, 5.74) is 2.99. The molecule has 1 aliphatic rings. The molecule has 0 aliphatic carbocycles. The van der Waals surface area contributed by atoms with E-state index in [4.69, 9.17) is 11.6 Å². The number of hydrazone groups is 1. The number of amides is 1. The molecular formula is C17H13ClN2O. The quantitative estimate of drug-likeness (QED) is 0.766. The maximum atomic E-state index is 12.5. The highest BCUT2D eigenvalue weighted by Gasteiger charge is 2.28. The predicted octanol–water partition coefficient (Wildman–Crippen LogP) is 4.15. The second-order valence-corrected chi connectivity index (χ2v) is 5.18. The molecule has 2 aromatic rings. The first-order valence-corrected chi connectivity index (χ1v) is 6.95. The van der Waals surface area contributed by atoms with E-state index in [0.29, 0.717) is 16.3 Å². The molecule has 0 unspecified atom stereocenters. The van der Waals surface area contributed by atoms with Crippen molar-refractivity contribution in [1.82, 2.24) is 0 Å². The van der Waals surface area contributed by atoms with Gasteiger partial charge in [-0.1, -0.05) is 41.9 Å². The number of nitrogens with zero attached hydrogens (tertiary/aromatic N) is 2. The number of anilines is 1. The lowest BCUT2D eigenvalue weighted by atomic mass is 10.1. The van der Waals surface area contributed by atoms with Gasteiger partial charge in [-0.15, -0.1) is 0 Å². The maximum Gasteiger partial charge on any atom is 0.280 e. The van der Waals surface area contributed by atoms with E-state index in [0.717, 1.165) is 11.3 Å². The molecule has 1 heterocycles. The highest BCUT2D eigenvalue weighted by molar-refractivity contribution is 6.32. The van der Waals surface area contributed by atoms with Crippen LogP contribution in [0, 0.1) is 0 Å². The molecule has 2 aromatic carbocycles. The summed E-state index contributed by atoms with van der Waals surface area (Å²) in [6, 6.07) is 16.7. The average Bonchev–Trinajstić information content (AvgIpc) is 2.78. The van der Waals surface area contributed by atoms with Crippen LogP contribution in [0.2, 0.25) is 5.02 Å². The Morgan fingerprint density at radius 3 is 2.38 bits per heavy atom. The smallest absolute Gasteiger partial charge is 0.267 e. The first kappa shape index (κ1) is 13.6. The van der Waals surface area contributed by atoms with E-state index in [1.807, 2.05) is 55.5 Å². The van der Waals surface area contributed by atoms with Gasteiger partial charge in [0.2, 0.25) is 0 Å². The normalized spacial score (nSPS) is 16.5. The lowest BCUT2D eigenvalue weighted by Gasteiger charge is -2.10. The third-order valence-electron chi connectivity index (χ3n) is 3.24. The Bertz CT molecular complexity index is 733. The Kier molecular flexibility index (Phi) is 3.59. The Morgan fingerprint density at radius 2 is 1.71 bits per heavy atom. The second-order valence-electron chi connectivity index (χ2n) is 4.75. The molecule has 3 rings (SSSR count). The van der Waals surface area contributed by atoms with Crippen molar-refractivity contribution in [2.24, 2.45) is 5.10 Å². The molecule has 0 aromatic heterocycles. The van der Waals surface area contributed by atoms with E-state index in [1.165, 1.54) is 5.01 Å².